The fraction of sp³-hybridized carbons (Fsp3) is 0.350. The lowest BCUT2D eigenvalue weighted by Crippen LogP contribution is -2.57. The van der Waals surface area contributed by atoms with Crippen molar-refractivity contribution >= 4 is 29.8 Å². The van der Waals surface area contributed by atoms with E-state index in [2.05, 4.69) is 9.88 Å². The largest absolute Gasteiger partial charge is 0.465 e. The zero-order chi connectivity index (χ0) is 20.8. The molecule has 0 radical (unpaired) electrons. The molecule has 1 aliphatic heterocycles. The van der Waals surface area contributed by atoms with Crippen molar-refractivity contribution in [3.63, 3.8) is 0 Å². The summed E-state index contributed by atoms with van der Waals surface area (Å²) in [6, 6.07) is 11.7. The Morgan fingerprint density at radius 2 is 1.83 bits per heavy atom. The van der Waals surface area contributed by atoms with Crippen molar-refractivity contribution in [2.75, 3.05) is 44.2 Å². The Labute approximate surface area is 174 Å². The zero-order valence-corrected chi connectivity index (χ0v) is 16.7. The van der Waals surface area contributed by atoms with E-state index < -0.39 is 12.3 Å². The van der Waals surface area contributed by atoms with Crippen LogP contribution < -0.4 is 10.6 Å². The zero-order valence-electron chi connectivity index (χ0n) is 15.9. The number of benzene rings is 1. The Hall–Kier alpha value is -2.68. The average molecular weight is 418 g/mol. The van der Waals surface area contributed by atoms with Crippen LogP contribution in [-0.4, -0.2) is 77.7 Å². The third-order valence-electron chi connectivity index (χ3n) is 5.01. The van der Waals surface area contributed by atoms with Crippen LogP contribution in [0, 0.1) is 0 Å². The monoisotopic (exact) mass is 417 g/mol. The number of nitrogens with two attached hydrogens (primary N) is 1. The predicted octanol–water partition coefficient (Wildman–Crippen LogP) is 1.99. The Morgan fingerprint density at radius 3 is 2.38 bits per heavy atom. The van der Waals surface area contributed by atoms with Gasteiger partial charge in [-0.25, -0.2) is 9.78 Å². The van der Waals surface area contributed by atoms with Crippen LogP contribution in [0.3, 0.4) is 0 Å². The molecule has 2 aromatic rings. The van der Waals surface area contributed by atoms with Crippen LogP contribution in [0.5, 0.6) is 0 Å². The number of piperazine rings is 1. The van der Waals surface area contributed by atoms with E-state index in [1.165, 1.54) is 0 Å². The number of anilines is 1. The second-order valence-corrected chi connectivity index (χ2v) is 7.29. The van der Waals surface area contributed by atoms with Crippen LogP contribution in [0.25, 0.3) is 11.1 Å². The smallest absolute Gasteiger partial charge is 0.407 e. The number of hydrogen-bond donors (Lipinski definition) is 2. The quantitative estimate of drug-likeness (QED) is 0.664. The molecule has 1 atom stereocenters. The molecule has 154 valence electrons. The summed E-state index contributed by atoms with van der Waals surface area (Å²) in [7, 11) is 0. The summed E-state index contributed by atoms with van der Waals surface area (Å²) in [5.41, 5.74) is 8.24. The molecular formula is C20H24ClN5O3. The first-order valence-corrected chi connectivity index (χ1v) is 9.74. The number of rotatable bonds is 7. The van der Waals surface area contributed by atoms with Crippen LogP contribution >= 0.6 is 11.6 Å². The minimum absolute atomic E-state index is 0.0993. The molecule has 1 aromatic heterocycles. The van der Waals surface area contributed by atoms with Gasteiger partial charge in [-0.1, -0.05) is 23.7 Å². The Balaban J connectivity index is 1.55. The van der Waals surface area contributed by atoms with Crippen molar-refractivity contribution in [3.8, 4) is 11.1 Å². The van der Waals surface area contributed by atoms with Gasteiger partial charge in [0.1, 0.15) is 12.1 Å². The van der Waals surface area contributed by atoms with Gasteiger partial charge in [-0.3, -0.25) is 9.80 Å². The van der Waals surface area contributed by atoms with Gasteiger partial charge in [0.2, 0.25) is 0 Å². The molecule has 0 bridgehead atoms. The van der Waals surface area contributed by atoms with Gasteiger partial charge in [0.05, 0.1) is 19.3 Å². The molecule has 3 rings (SSSR count). The van der Waals surface area contributed by atoms with E-state index in [0.717, 1.165) is 34.9 Å². The molecule has 8 nitrogen and oxygen atoms in total. The molecule has 29 heavy (non-hydrogen) atoms. The van der Waals surface area contributed by atoms with E-state index in [-0.39, 0.29) is 13.1 Å². The number of carbonyl (C=O) groups excluding carboxylic acids is 1. The molecule has 2 heterocycles. The van der Waals surface area contributed by atoms with E-state index in [9.17, 15) is 9.59 Å². The van der Waals surface area contributed by atoms with Crippen molar-refractivity contribution in [3.05, 3.63) is 47.6 Å². The summed E-state index contributed by atoms with van der Waals surface area (Å²) >= 11 is 5.94. The second kappa shape index (κ2) is 9.69. The minimum Gasteiger partial charge on any atom is -0.465 e. The first kappa shape index (κ1) is 21.0. The number of nitrogens with zero attached hydrogens (tertiary/aromatic N) is 4. The summed E-state index contributed by atoms with van der Waals surface area (Å²) in [5, 5.41) is 9.83. The Kier molecular flexibility index (Phi) is 7.03. The number of aldehydes is 1. The van der Waals surface area contributed by atoms with E-state index in [4.69, 9.17) is 22.4 Å². The molecule has 1 saturated heterocycles. The highest BCUT2D eigenvalue weighted by atomic mass is 35.5. The van der Waals surface area contributed by atoms with Crippen molar-refractivity contribution in [2.45, 2.75) is 6.17 Å². The topological polar surface area (TPSA) is 103 Å². The molecule has 9 heteroatoms. The van der Waals surface area contributed by atoms with Gasteiger partial charge in [0.25, 0.3) is 0 Å². The van der Waals surface area contributed by atoms with Gasteiger partial charge in [0.15, 0.2) is 0 Å². The molecule has 1 aliphatic rings. The van der Waals surface area contributed by atoms with Gasteiger partial charge in [-0.15, -0.1) is 0 Å². The van der Waals surface area contributed by atoms with Gasteiger partial charge >= 0.3 is 6.09 Å². The first-order chi connectivity index (χ1) is 14.0. The molecule has 3 N–H and O–H groups in total. The van der Waals surface area contributed by atoms with Gasteiger partial charge in [-0.2, -0.15) is 0 Å². The third kappa shape index (κ3) is 5.44. The maximum atomic E-state index is 11.2. The van der Waals surface area contributed by atoms with Crippen molar-refractivity contribution in [2.24, 2.45) is 5.73 Å². The first-order valence-electron chi connectivity index (χ1n) is 9.36. The van der Waals surface area contributed by atoms with Crippen LogP contribution in [0.15, 0.2) is 42.6 Å². The molecule has 1 aromatic carbocycles. The number of halogens is 1. The molecule has 0 spiro atoms. The van der Waals surface area contributed by atoms with Gasteiger partial charge < -0.3 is 20.5 Å². The molecule has 0 saturated carbocycles. The standard InChI is InChI=1S/C20H24ClN5O3/c21-17-4-1-15(2-5-17)16-3-6-19(23-13-16)25-9-7-24(8-10-25)18(22)14-26(11-12-27)20(28)29/h1-6,12-13,18H,7-11,14,22H2,(H,28,29). The number of hydrogen-bond acceptors (Lipinski definition) is 6. The molecule has 1 amide bonds. The normalized spacial score (nSPS) is 15.7. The minimum atomic E-state index is -1.14. The summed E-state index contributed by atoms with van der Waals surface area (Å²) in [5.74, 6) is 0.893. The highest BCUT2D eigenvalue weighted by molar-refractivity contribution is 6.30. The summed E-state index contributed by atoms with van der Waals surface area (Å²) in [6.45, 7) is 2.78. The number of carboxylic acid groups (broad SMARTS) is 1. The summed E-state index contributed by atoms with van der Waals surface area (Å²) < 4.78 is 0. The van der Waals surface area contributed by atoms with Crippen LogP contribution in [-0.2, 0) is 4.79 Å². The second-order valence-electron chi connectivity index (χ2n) is 6.86. The predicted molar refractivity (Wildman–Crippen MR) is 112 cm³/mol. The molecule has 1 unspecified atom stereocenters. The van der Waals surface area contributed by atoms with Gasteiger partial charge in [0, 0.05) is 43.0 Å². The number of aromatic nitrogens is 1. The Bertz CT molecular complexity index is 823. The van der Waals surface area contributed by atoms with Gasteiger partial charge in [-0.05, 0) is 29.8 Å². The maximum Gasteiger partial charge on any atom is 0.407 e. The van der Waals surface area contributed by atoms with E-state index >= 15 is 0 Å². The van der Waals surface area contributed by atoms with Crippen molar-refractivity contribution in [1.82, 2.24) is 14.8 Å². The van der Waals surface area contributed by atoms with E-state index in [0.29, 0.717) is 24.4 Å². The molecule has 1 fully saturated rings. The lowest BCUT2D eigenvalue weighted by atomic mass is 10.1. The van der Waals surface area contributed by atoms with Crippen molar-refractivity contribution < 1.29 is 14.7 Å². The van der Waals surface area contributed by atoms with Crippen molar-refractivity contribution in [1.29, 1.82) is 0 Å². The Morgan fingerprint density at radius 1 is 1.17 bits per heavy atom. The number of pyridine rings is 1. The van der Waals surface area contributed by atoms with E-state index in [1.54, 1.807) is 0 Å². The highest BCUT2D eigenvalue weighted by Gasteiger charge is 2.25. The fourth-order valence-corrected chi connectivity index (χ4v) is 3.46. The lowest BCUT2D eigenvalue weighted by molar-refractivity contribution is -0.108. The summed E-state index contributed by atoms with van der Waals surface area (Å²) in [6.07, 6.45) is 0.823. The fourth-order valence-electron chi connectivity index (χ4n) is 3.33. The summed E-state index contributed by atoms with van der Waals surface area (Å²) in [4.78, 5) is 31.6. The number of amides is 1. The molecular weight excluding hydrogens is 394 g/mol. The van der Waals surface area contributed by atoms with Crippen LogP contribution in [0.1, 0.15) is 0 Å². The maximum absolute atomic E-state index is 11.2. The lowest BCUT2D eigenvalue weighted by Gasteiger charge is -2.39. The molecule has 0 aliphatic carbocycles. The highest BCUT2D eigenvalue weighted by Crippen LogP contribution is 2.23. The third-order valence-corrected chi connectivity index (χ3v) is 5.26. The SMILES string of the molecule is NC(CN(CC=O)C(=O)O)N1CCN(c2ccc(-c3ccc(Cl)cc3)cn2)CC1. The number of carbonyl (C=O) groups is 2. The van der Waals surface area contributed by atoms with Crippen LogP contribution in [0.2, 0.25) is 5.02 Å². The van der Waals surface area contributed by atoms with Crippen LogP contribution in [0.4, 0.5) is 10.6 Å². The van der Waals surface area contributed by atoms with E-state index in [1.807, 2.05) is 47.5 Å². The average Bonchev–Trinajstić information content (AvgIpc) is 2.74.